The third-order valence-corrected chi connectivity index (χ3v) is 4.39. The molecule has 6 nitrogen and oxygen atoms in total. The van der Waals surface area contributed by atoms with Crippen molar-refractivity contribution in [2.75, 3.05) is 7.11 Å². The van der Waals surface area contributed by atoms with E-state index in [0.717, 1.165) is 5.69 Å². The molecule has 0 fully saturated rings. The Morgan fingerprint density at radius 3 is 2.45 bits per heavy atom. The molecule has 0 radical (unpaired) electrons. The number of benzene rings is 1. The van der Waals surface area contributed by atoms with E-state index < -0.39 is 10.0 Å². The van der Waals surface area contributed by atoms with Gasteiger partial charge in [0, 0.05) is 12.7 Å². The summed E-state index contributed by atoms with van der Waals surface area (Å²) in [5.41, 5.74) is 1.66. The predicted molar refractivity (Wildman–Crippen MR) is 75.0 cm³/mol. The average molecular weight is 295 g/mol. The van der Waals surface area contributed by atoms with E-state index in [1.54, 1.807) is 16.8 Å². The molecule has 0 aliphatic rings. The third-order valence-electron chi connectivity index (χ3n) is 2.98. The number of nitrogens with one attached hydrogen (secondary N) is 1. The van der Waals surface area contributed by atoms with Crippen LogP contribution in [-0.4, -0.2) is 25.3 Å². The summed E-state index contributed by atoms with van der Waals surface area (Å²) in [6.45, 7) is 2.07. The molecular formula is C13H17N3O3S. The lowest BCUT2D eigenvalue weighted by atomic mass is 10.3. The maximum Gasteiger partial charge on any atom is 0.240 e. The fraction of sp³-hybridized carbons (Fsp3) is 0.308. The van der Waals surface area contributed by atoms with Gasteiger partial charge < -0.3 is 4.74 Å². The predicted octanol–water partition coefficient (Wildman–Crippen LogP) is 1.22. The van der Waals surface area contributed by atoms with Crippen molar-refractivity contribution in [2.45, 2.75) is 18.4 Å². The lowest BCUT2D eigenvalue weighted by Gasteiger charge is -2.06. The van der Waals surface area contributed by atoms with E-state index in [1.807, 2.05) is 20.0 Å². The second-order valence-corrected chi connectivity index (χ2v) is 6.17. The lowest BCUT2D eigenvalue weighted by molar-refractivity contribution is 0.414. The number of hydrogen-bond donors (Lipinski definition) is 1. The highest BCUT2D eigenvalue weighted by Crippen LogP contribution is 2.15. The van der Waals surface area contributed by atoms with Crippen molar-refractivity contribution in [2.24, 2.45) is 7.05 Å². The van der Waals surface area contributed by atoms with E-state index in [9.17, 15) is 8.42 Å². The van der Waals surface area contributed by atoms with Crippen LogP contribution in [0.15, 0.2) is 35.2 Å². The number of sulfonamides is 1. The van der Waals surface area contributed by atoms with Crippen LogP contribution in [0.5, 0.6) is 5.75 Å². The van der Waals surface area contributed by atoms with Gasteiger partial charge in [-0.1, -0.05) is 0 Å². The number of nitrogens with zero attached hydrogens (tertiary/aromatic N) is 2. The van der Waals surface area contributed by atoms with Crippen LogP contribution in [0.1, 0.15) is 11.4 Å². The zero-order valence-electron chi connectivity index (χ0n) is 11.6. The fourth-order valence-corrected chi connectivity index (χ4v) is 2.73. The van der Waals surface area contributed by atoms with Gasteiger partial charge in [-0.2, -0.15) is 5.10 Å². The van der Waals surface area contributed by atoms with Crippen molar-refractivity contribution in [1.82, 2.24) is 14.5 Å². The minimum absolute atomic E-state index is 0.163. The molecule has 0 spiro atoms. The highest BCUT2D eigenvalue weighted by Gasteiger charge is 2.14. The van der Waals surface area contributed by atoms with E-state index in [0.29, 0.717) is 11.4 Å². The van der Waals surface area contributed by atoms with E-state index in [-0.39, 0.29) is 11.4 Å². The van der Waals surface area contributed by atoms with Gasteiger partial charge in [-0.3, -0.25) is 4.68 Å². The smallest absolute Gasteiger partial charge is 0.240 e. The summed E-state index contributed by atoms with van der Waals surface area (Å²) >= 11 is 0. The van der Waals surface area contributed by atoms with Crippen molar-refractivity contribution < 1.29 is 13.2 Å². The molecule has 0 saturated heterocycles. The largest absolute Gasteiger partial charge is 0.497 e. The normalized spacial score (nSPS) is 11.6. The molecule has 0 atom stereocenters. The zero-order chi connectivity index (χ0) is 14.8. The molecule has 0 bridgehead atoms. The maximum atomic E-state index is 12.1. The molecule has 1 aromatic carbocycles. The molecule has 108 valence electrons. The second kappa shape index (κ2) is 5.64. The average Bonchev–Trinajstić information content (AvgIpc) is 2.76. The molecule has 2 rings (SSSR count). The second-order valence-electron chi connectivity index (χ2n) is 4.40. The first kappa shape index (κ1) is 14.5. The first-order valence-corrected chi connectivity index (χ1v) is 7.54. The molecule has 1 heterocycles. The van der Waals surface area contributed by atoms with Gasteiger partial charge in [-0.05, 0) is 37.3 Å². The molecule has 0 aliphatic heterocycles. The van der Waals surface area contributed by atoms with Crippen molar-refractivity contribution in [3.05, 3.63) is 41.7 Å². The highest BCUT2D eigenvalue weighted by atomic mass is 32.2. The van der Waals surface area contributed by atoms with Crippen LogP contribution in [0, 0.1) is 6.92 Å². The van der Waals surface area contributed by atoms with Gasteiger partial charge >= 0.3 is 0 Å². The van der Waals surface area contributed by atoms with Crippen LogP contribution in [0.3, 0.4) is 0 Å². The Labute approximate surface area is 118 Å². The van der Waals surface area contributed by atoms with Gasteiger partial charge in [0.2, 0.25) is 10.0 Å². The number of ether oxygens (including phenoxy) is 1. The molecule has 0 aliphatic carbocycles. The summed E-state index contributed by atoms with van der Waals surface area (Å²) in [6.07, 6.45) is 0. The van der Waals surface area contributed by atoms with E-state index in [1.165, 1.54) is 19.2 Å². The van der Waals surface area contributed by atoms with Gasteiger partial charge in [0.15, 0.2) is 0 Å². The van der Waals surface area contributed by atoms with Crippen LogP contribution < -0.4 is 9.46 Å². The van der Waals surface area contributed by atoms with Gasteiger partial charge in [-0.25, -0.2) is 13.1 Å². The highest BCUT2D eigenvalue weighted by molar-refractivity contribution is 7.89. The van der Waals surface area contributed by atoms with Gasteiger partial charge in [-0.15, -0.1) is 0 Å². The Morgan fingerprint density at radius 2 is 1.95 bits per heavy atom. The van der Waals surface area contributed by atoms with Crippen LogP contribution in [0.4, 0.5) is 0 Å². The quantitative estimate of drug-likeness (QED) is 0.900. The van der Waals surface area contributed by atoms with E-state index in [4.69, 9.17) is 4.74 Å². The number of methoxy groups -OCH3 is 1. The number of aromatic nitrogens is 2. The summed E-state index contributed by atoms with van der Waals surface area (Å²) in [7, 11) is -0.193. The molecule has 0 unspecified atom stereocenters. The van der Waals surface area contributed by atoms with Crippen LogP contribution in [0.25, 0.3) is 0 Å². The lowest BCUT2D eigenvalue weighted by Crippen LogP contribution is -2.23. The van der Waals surface area contributed by atoms with Gasteiger partial charge in [0.1, 0.15) is 5.75 Å². The zero-order valence-corrected chi connectivity index (χ0v) is 12.4. The first-order valence-electron chi connectivity index (χ1n) is 6.05. The third kappa shape index (κ3) is 3.17. The molecule has 2 aromatic rings. The molecule has 1 aromatic heterocycles. The van der Waals surface area contributed by atoms with Crippen LogP contribution in [-0.2, 0) is 23.6 Å². The summed E-state index contributed by atoms with van der Waals surface area (Å²) in [4.78, 5) is 0.200. The Kier molecular flexibility index (Phi) is 4.10. The molecule has 0 saturated carbocycles. The Morgan fingerprint density at radius 1 is 1.30 bits per heavy atom. The summed E-state index contributed by atoms with van der Waals surface area (Å²) in [5.74, 6) is 0.615. The Hall–Kier alpha value is -1.86. The summed E-state index contributed by atoms with van der Waals surface area (Å²) in [5, 5.41) is 4.20. The van der Waals surface area contributed by atoms with Crippen LogP contribution in [0.2, 0.25) is 0 Å². The molecule has 20 heavy (non-hydrogen) atoms. The van der Waals surface area contributed by atoms with Crippen LogP contribution >= 0.6 is 0 Å². The number of aryl methyl sites for hydroxylation is 2. The Bertz CT molecular complexity index is 671. The minimum Gasteiger partial charge on any atom is -0.497 e. The minimum atomic E-state index is -3.54. The number of rotatable bonds is 5. The van der Waals surface area contributed by atoms with Crippen molar-refractivity contribution in [3.8, 4) is 5.75 Å². The van der Waals surface area contributed by atoms with Crippen molar-refractivity contribution in [3.63, 3.8) is 0 Å². The molecule has 0 amide bonds. The monoisotopic (exact) mass is 295 g/mol. The SMILES string of the molecule is COc1ccc(S(=O)(=O)NCc2cc(C)n(C)n2)cc1. The van der Waals surface area contributed by atoms with Gasteiger partial charge in [0.05, 0.1) is 24.2 Å². The topological polar surface area (TPSA) is 73.2 Å². The van der Waals surface area contributed by atoms with E-state index in [2.05, 4.69) is 9.82 Å². The van der Waals surface area contributed by atoms with Crippen molar-refractivity contribution in [1.29, 1.82) is 0 Å². The summed E-state index contributed by atoms with van der Waals surface area (Å²) < 4.78 is 33.5. The van der Waals surface area contributed by atoms with E-state index >= 15 is 0 Å². The van der Waals surface area contributed by atoms with Gasteiger partial charge in [0.25, 0.3) is 0 Å². The standard InChI is InChI=1S/C13H17N3O3S/c1-10-8-11(15-16(10)2)9-14-20(17,18)13-6-4-12(19-3)5-7-13/h4-8,14H,9H2,1-3H3. The Balaban J connectivity index is 2.10. The maximum absolute atomic E-state index is 12.1. The molecule has 7 heteroatoms. The first-order chi connectivity index (χ1) is 9.42. The van der Waals surface area contributed by atoms with Crippen molar-refractivity contribution >= 4 is 10.0 Å². The fourth-order valence-electron chi connectivity index (χ4n) is 1.73. The molecule has 1 N–H and O–H groups in total. The molecular weight excluding hydrogens is 278 g/mol. The number of hydrogen-bond acceptors (Lipinski definition) is 4. The summed E-state index contributed by atoms with van der Waals surface area (Å²) in [6, 6.07) is 8.07.